The van der Waals surface area contributed by atoms with Crippen LogP contribution in [0.1, 0.15) is 35.9 Å². The number of amides is 1. The van der Waals surface area contributed by atoms with Crippen LogP contribution in [0.15, 0.2) is 35.7 Å². The fourth-order valence-corrected chi connectivity index (χ4v) is 4.15. The highest BCUT2D eigenvalue weighted by atomic mass is 32.1. The summed E-state index contributed by atoms with van der Waals surface area (Å²) in [6.45, 7) is 6.45. The number of halogens is 1. The number of rotatable bonds is 5. The minimum absolute atomic E-state index is 0.0967. The quantitative estimate of drug-likeness (QED) is 0.887. The second-order valence-electron chi connectivity index (χ2n) is 6.71. The van der Waals surface area contributed by atoms with Gasteiger partial charge in [-0.1, -0.05) is 26.0 Å². The Bertz CT molecular complexity index is 696. The number of thiophene rings is 1. The summed E-state index contributed by atoms with van der Waals surface area (Å²) in [6, 6.07) is 8.55. The SMILES string of the molecule is CC(C)C[NH2+]CC(=O)N1CCc2sccc2[C@@H]1c1ccc(F)cc1. The maximum absolute atomic E-state index is 13.3. The lowest BCUT2D eigenvalue weighted by Crippen LogP contribution is -2.87. The molecule has 2 aromatic rings. The molecule has 128 valence electrons. The molecule has 1 aromatic heterocycles. The first kappa shape index (κ1) is 17.1. The van der Waals surface area contributed by atoms with Crippen molar-refractivity contribution in [2.45, 2.75) is 26.3 Å². The van der Waals surface area contributed by atoms with Gasteiger partial charge in [0.2, 0.25) is 0 Å². The summed E-state index contributed by atoms with van der Waals surface area (Å²) >= 11 is 1.74. The van der Waals surface area contributed by atoms with Crippen molar-refractivity contribution in [3.8, 4) is 0 Å². The molecular weight excluding hydrogens is 323 g/mol. The predicted octanol–water partition coefficient (Wildman–Crippen LogP) is 2.58. The maximum Gasteiger partial charge on any atom is 0.278 e. The molecule has 1 aromatic carbocycles. The largest absolute Gasteiger partial charge is 0.338 e. The lowest BCUT2D eigenvalue weighted by Gasteiger charge is -2.36. The van der Waals surface area contributed by atoms with Crippen molar-refractivity contribution < 1.29 is 14.5 Å². The number of nitrogens with two attached hydrogens (primary N) is 1. The number of fused-ring (bicyclic) bond motifs is 1. The number of quaternary nitrogens is 1. The van der Waals surface area contributed by atoms with E-state index in [9.17, 15) is 9.18 Å². The highest BCUT2D eigenvalue weighted by Crippen LogP contribution is 2.37. The van der Waals surface area contributed by atoms with Gasteiger partial charge in [0.25, 0.3) is 5.91 Å². The zero-order valence-electron chi connectivity index (χ0n) is 14.2. The fourth-order valence-electron chi connectivity index (χ4n) is 3.25. The van der Waals surface area contributed by atoms with Crippen LogP contribution in [0.3, 0.4) is 0 Å². The van der Waals surface area contributed by atoms with E-state index in [1.54, 1.807) is 23.5 Å². The molecule has 24 heavy (non-hydrogen) atoms. The van der Waals surface area contributed by atoms with Crippen LogP contribution in [0, 0.1) is 11.7 Å². The minimum atomic E-state index is -0.247. The summed E-state index contributed by atoms with van der Waals surface area (Å²) in [5.41, 5.74) is 2.17. The molecule has 3 rings (SSSR count). The molecule has 0 fully saturated rings. The second-order valence-corrected chi connectivity index (χ2v) is 7.71. The first-order chi connectivity index (χ1) is 11.6. The molecule has 1 atom stereocenters. The number of benzene rings is 1. The standard InChI is InChI=1S/C19H23FN2OS/c1-13(2)11-21-12-18(23)22-9-7-17-16(8-10-24-17)19(22)14-3-5-15(20)6-4-14/h3-6,8,10,13,19,21H,7,9,11-12H2,1-2H3/p+1/t19-/m0/s1. The molecule has 1 amide bonds. The van der Waals surface area contributed by atoms with Crippen molar-refractivity contribution in [1.82, 2.24) is 4.90 Å². The first-order valence-electron chi connectivity index (χ1n) is 8.49. The van der Waals surface area contributed by atoms with Crippen molar-refractivity contribution in [2.24, 2.45) is 5.92 Å². The van der Waals surface area contributed by atoms with Gasteiger partial charge in [0, 0.05) is 17.3 Å². The summed E-state index contributed by atoms with van der Waals surface area (Å²) in [5.74, 6) is 0.473. The van der Waals surface area contributed by atoms with Gasteiger partial charge < -0.3 is 10.2 Å². The highest BCUT2D eigenvalue weighted by molar-refractivity contribution is 7.10. The monoisotopic (exact) mass is 347 g/mol. The van der Waals surface area contributed by atoms with Crippen LogP contribution >= 0.6 is 11.3 Å². The molecule has 1 aliphatic heterocycles. The van der Waals surface area contributed by atoms with Crippen LogP contribution in [-0.2, 0) is 11.2 Å². The van der Waals surface area contributed by atoms with E-state index in [1.807, 2.05) is 4.90 Å². The van der Waals surface area contributed by atoms with Gasteiger partial charge in [-0.25, -0.2) is 4.39 Å². The Hall–Kier alpha value is -1.72. The summed E-state index contributed by atoms with van der Waals surface area (Å²) in [5, 5.41) is 4.16. The third kappa shape index (κ3) is 3.68. The summed E-state index contributed by atoms with van der Waals surface area (Å²) in [6.07, 6.45) is 0.903. The Morgan fingerprint density at radius 1 is 1.33 bits per heavy atom. The van der Waals surface area contributed by atoms with Gasteiger partial charge in [-0.3, -0.25) is 4.79 Å². The Labute approximate surface area is 146 Å². The van der Waals surface area contributed by atoms with Crippen molar-refractivity contribution in [2.75, 3.05) is 19.6 Å². The van der Waals surface area contributed by atoms with E-state index >= 15 is 0 Å². The van der Waals surface area contributed by atoms with Crippen LogP contribution in [-0.4, -0.2) is 30.4 Å². The molecule has 0 aliphatic carbocycles. The Balaban J connectivity index is 1.84. The van der Waals surface area contributed by atoms with E-state index < -0.39 is 0 Å². The molecule has 0 saturated heterocycles. The number of carbonyl (C=O) groups excluding carboxylic acids is 1. The van der Waals surface area contributed by atoms with Gasteiger partial charge in [0.15, 0.2) is 6.54 Å². The molecule has 0 radical (unpaired) electrons. The summed E-state index contributed by atoms with van der Waals surface area (Å²) in [4.78, 5) is 16.1. The lowest BCUT2D eigenvalue weighted by atomic mass is 9.93. The molecule has 0 saturated carbocycles. The topological polar surface area (TPSA) is 36.9 Å². The van der Waals surface area contributed by atoms with Gasteiger partial charge in [-0.15, -0.1) is 11.3 Å². The smallest absolute Gasteiger partial charge is 0.278 e. The zero-order chi connectivity index (χ0) is 17.1. The van der Waals surface area contributed by atoms with Gasteiger partial charge in [0.05, 0.1) is 12.6 Å². The molecule has 3 nitrogen and oxygen atoms in total. The minimum Gasteiger partial charge on any atom is -0.338 e. The van der Waals surface area contributed by atoms with Crippen molar-refractivity contribution in [3.05, 3.63) is 57.5 Å². The van der Waals surface area contributed by atoms with Crippen molar-refractivity contribution in [3.63, 3.8) is 0 Å². The van der Waals surface area contributed by atoms with Gasteiger partial charge >= 0.3 is 0 Å². The molecule has 0 spiro atoms. The molecule has 1 aliphatic rings. The van der Waals surface area contributed by atoms with E-state index in [2.05, 4.69) is 30.6 Å². The third-order valence-corrected chi connectivity index (χ3v) is 5.43. The highest BCUT2D eigenvalue weighted by Gasteiger charge is 2.33. The van der Waals surface area contributed by atoms with Gasteiger partial charge in [-0.2, -0.15) is 0 Å². The number of nitrogens with zero attached hydrogens (tertiary/aromatic N) is 1. The van der Waals surface area contributed by atoms with E-state index in [0.717, 1.165) is 25.1 Å². The van der Waals surface area contributed by atoms with Crippen molar-refractivity contribution in [1.29, 1.82) is 0 Å². The van der Waals surface area contributed by atoms with E-state index in [4.69, 9.17) is 0 Å². The van der Waals surface area contributed by atoms with Crippen LogP contribution in [0.25, 0.3) is 0 Å². The molecule has 2 heterocycles. The Morgan fingerprint density at radius 3 is 2.79 bits per heavy atom. The third-order valence-electron chi connectivity index (χ3n) is 4.43. The van der Waals surface area contributed by atoms with Crippen LogP contribution in [0.5, 0.6) is 0 Å². The van der Waals surface area contributed by atoms with Gasteiger partial charge in [0.1, 0.15) is 5.82 Å². The maximum atomic E-state index is 13.3. The normalized spacial score (nSPS) is 17.2. The van der Waals surface area contributed by atoms with E-state index in [0.29, 0.717) is 12.5 Å². The van der Waals surface area contributed by atoms with Crippen molar-refractivity contribution >= 4 is 17.2 Å². The summed E-state index contributed by atoms with van der Waals surface area (Å²) in [7, 11) is 0. The zero-order valence-corrected chi connectivity index (χ0v) is 15.0. The van der Waals surface area contributed by atoms with Crippen LogP contribution in [0.4, 0.5) is 4.39 Å². The predicted molar refractivity (Wildman–Crippen MR) is 94.5 cm³/mol. The Morgan fingerprint density at radius 2 is 2.08 bits per heavy atom. The number of hydrogen-bond donors (Lipinski definition) is 1. The molecule has 0 bridgehead atoms. The molecule has 0 unspecified atom stereocenters. The van der Waals surface area contributed by atoms with E-state index in [1.165, 1.54) is 22.6 Å². The van der Waals surface area contributed by atoms with Gasteiger partial charge in [-0.05, 0) is 41.1 Å². The fraction of sp³-hybridized carbons (Fsp3) is 0.421. The molecular formula is C19H24FN2OS+. The lowest BCUT2D eigenvalue weighted by molar-refractivity contribution is -0.649. The average molecular weight is 347 g/mol. The number of hydrogen-bond acceptors (Lipinski definition) is 2. The first-order valence-corrected chi connectivity index (χ1v) is 9.37. The molecule has 5 heteroatoms. The van der Waals surface area contributed by atoms with Crippen LogP contribution in [0.2, 0.25) is 0 Å². The van der Waals surface area contributed by atoms with Crippen LogP contribution < -0.4 is 5.32 Å². The van der Waals surface area contributed by atoms with E-state index in [-0.39, 0.29) is 17.8 Å². The number of carbonyl (C=O) groups is 1. The summed E-state index contributed by atoms with van der Waals surface area (Å²) < 4.78 is 13.3. The molecule has 2 N–H and O–H groups in total. The Kier molecular flexibility index (Phi) is 5.31. The average Bonchev–Trinajstić information content (AvgIpc) is 3.03. The second kappa shape index (κ2) is 7.45.